The second-order valence-corrected chi connectivity index (χ2v) is 5.47. The maximum absolute atomic E-state index is 11.6. The smallest absolute Gasteiger partial charge is 0.233 e. The summed E-state index contributed by atoms with van der Waals surface area (Å²) >= 11 is 0. The Morgan fingerprint density at radius 1 is 1.37 bits per heavy atom. The third kappa shape index (κ3) is 5.74. The van der Waals surface area contributed by atoms with Gasteiger partial charge in [0, 0.05) is 19.7 Å². The van der Waals surface area contributed by atoms with Crippen LogP contribution < -0.4 is 10.6 Å². The van der Waals surface area contributed by atoms with Crippen LogP contribution in [0.3, 0.4) is 0 Å². The van der Waals surface area contributed by atoms with Gasteiger partial charge in [-0.15, -0.1) is 0 Å². The molecule has 2 rings (SSSR count). The molecule has 0 bridgehead atoms. The van der Waals surface area contributed by atoms with Crippen LogP contribution in [0.4, 0.5) is 0 Å². The third-order valence-electron chi connectivity index (χ3n) is 3.83. The van der Waals surface area contributed by atoms with Gasteiger partial charge in [-0.2, -0.15) is 0 Å². The number of carbonyl (C=O) groups excluding carboxylic acids is 1. The van der Waals surface area contributed by atoms with Crippen molar-refractivity contribution < 1.29 is 9.53 Å². The normalized spacial score (nSPS) is 23.2. The Labute approximate surface area is 116 Å². The van der Waals surface area contributed by atoms with Crippen molar-refractivity contribution in [1.29, 1.82) is 0 Å². The quantitative estimate of drug-likeness (QED) is 0.690. The van der Waals surface area contributed by atoms with Gasteiger partial charge in [0.2, 0.25) is 5.91 Å². The lowest BCUT2D eigenvalue weighted by molar-refractivity contribution is -0.120. The van der Waals surface area contributed by atoms with E-state index in [1.807, 2.05) is 0 Å². The van der Waals surface area contributed by atoms with Crippen LogP contribution in [0.2, 0.25) is 0 Å². The zero-order valence-corrected chi connectivity index (χ0v) is 11.7. The zero-order chi connectivity index (χ0) is 13.3. The standard InChI is InChI=1S/C15H26N2O2/c18-15(12-16-11-14-7-4-10-19-14)17-9-8-13-5-2-1-3-6-13/h5,14,16H,1-4,6-12H2,(H,17,18)/t14-/m1/s1. The van der Waals surface area contributed by atoms with Crippen LogP contribution in [0.5, 0.6) is 0 Å². The van der Waals surface area contributed by atoms with Crippen LogP contribution in [-0.4, -0.2) is 38.3 Å². The van der Waals surface area contributed by atoms with E-state index in [2.05, 4.69) is 16.7 Å². The van der Waals surface area contributed by atoms with E-state index in [1.165, 1.54) is 31.3 Å². The van der Waals surface area contributed by atoms with Gasteiger partial charge in [0.1, 0.15) is 0 Å². The van der Waals surface area contributed by atoms with Gasteiger partial charge in [0.05, 0.1) is 12.6 Å². The van der Waals surface area contributed by atoms with E-state index in [4.69, 9.17) is 4.74 Å². The van der Waals surface area contributed by atoms with Crippen molar-refractivity contribution in [2.45, 2.75) is 51.0 Å². The summed E-state index contributed by atoms with van der Waals surface area (Å²) in [6.07, 6.45) is 11.0. The molecule has 2 N–H and O–H groups in total. The van der Waals surface area contributed by atoms with E-state index in [0.717, 1.165) is 39.0 Å². The average Bonchev–Trinajstić information content (AvgIpc) is 2.93. The Bertz CT molecular complexity index is 309. The Morgan fingerprint density at radius 3 is 3.05 bits per heavy atom. The molecule has 19 heavy (non-hydrogen) atoms. The number of rotatable bonds is 7. The van der Waals surface area contributed by atoms with E-state index in [-0.39, 0.29) is 5.91 Å². The van der Waals surface area contributed by atoms with Crippen LogP contribution in [0.15, 0.2) is 11.6 Å². The molecule has 0 unspecified atom stereocenters. The molecule has 0 spiro atoms. The largest absolute Gasteiger partial charge is 0.377 e. The minimum atomic E-state index is 0.0920. The maximum Gasteiger partial charge on any atom is 0.233 e. The number of hydrogen-bond donors (Lipinski definition) is 2. The first kappa shape index (κ1) is 14.5. The molecule has 0 aromatic carbocycles. The van der Waals surface area contributed by atoms with Crippen molar-refractivity contribution in [2.75, 3.05) is 26.2 Å². The molecule has 1 amide bonds. The second-order valence-electron chi connectivity index (χ2n) is 5.47. The van der Waals surface area contributed by atoms with Crippen molar-refractivity contribution in [3.8, 4) is 0 Å². The third-order valence-corrected chi connectivity index (χ3v) is 3.83. The summed E-state index contributed by atoms with van der Waals surface area (Å²) in [4.78, 5) is 11.6. The number of nitrogens with one attached hydrogen (secondary N) is 2. The molecule has 0 aromatic heterocycles. The predicted octanol–water partition coefficient (Wildman–Crippen LogP) is 1.76. The number of amides is 1. The summed E-state index contributed by atoms with van der Waals surface area (Å²) < 4.78 is 5.49. The first-order valence-corrected chi connectivity index (χ1v) is 7.61. The van der Waals surface area contributed by atoms with Crippen LogP contribution in [0.25, 0.3) is 0 Å². The molecular formula is C15H26N2O2. The minimum Gasteiger partial charge on any atom is -0.377 e. The van der Waals surface area contributed by atoms with E-state index >= 15 is 0 Å². The highest BCUT2D eigenvalue weighted by atomic mass is 16.5. The molecule has 1 aliphatic heterocycles. The molecule has 4 nitrogen and oxygen atoms in total. The summed E-state index contributed by atoms with van der Waals surface area (Å²) in [5, 5.41) is 6.14. The zero-order valence-electron chi connectivity index (χ0n) is 11.7. The molecule has 2 aliphatic rings. The molecule has 1 aliphatic carbocycles. The SMILES string of the molecule is O=C(CNC[C@H]1CCCO1)NCCC1=CCCCC1. The van der Waals surface area contributed by atoms with Gasteiger partial charge < -0.3 is 15.4 Å². The van der Waals surface area contributed by atoms with Gasteiger partial charge in [-0.1, -0.05) is 11.6 Å². The maximum atomic E-state index is 11.6. The average molecular weight is 266 g/mol. The lowest BCUT2D eigenvalue weighted by Crippen LogP contribution is -2.37. The highest BCUT2D eigenvalue weighted by Gasteiger charge is 2.14. The van der Waals surface area contributed by atoms with Gasteiger partial charge in [0.15, 0.2) is 0 Å². The lowest BCUT2D eigenvalue weighted by atomic mass is 9.97. The van der Waals surface area contributed by atoms with Crippen LogP contribution in [0, 0.1) is 0 Å². The Kier molecular flexibility index (Phi) is 6.37. The highest BCUT2D eigenvalue weighted by molar-refractivity contribution is 5.77. The molecule has 0 aromatic rings. The number of carbonyl (C=O) groups is 1. The van der Waals surface area contributed by atoms with Gasteiger partial charge in [-0.3, -0.25) is 4.79 Å². The summed E-state index contributed by atoms with van der Waals surface area (Å²) in [5.41, 5.74) is 1.51. The summed E-state index contributed by atoms with van der Waals surface area (Å²) in [7, 11) is 0. The van der Waals surface area contributed by atoms with Crippen LogP contribution in [0.1, 0.15) is 44.9 Å². The molecule has 1 fully saturated rings. The van der Waals surface area contributed by atoms with E-state index < -0.39 is 0 Å². The topological polar surface area (TPSA) is 50.4 Å². The summed E-state index contributed by atoms with van der Waals surface area (Å²) in [6, 6.07) is 0. The molecule has 0 radical (unpaired) electrons. The summed E-state index contributed by atoms with van der Waals surface area (Å²) in [5.74, 6) is 0.0920. The van der Waals surface area contributed by atoms with E-state index in [1.54, 1.807) is 0 Å². The molecule has 1 atom stereocenters. The van der Waals surface area contributed by atoms with E-state index in [0.29, 0.717) is 12.6 Å². The fourth-order valence-electron chi connectivity index (χ4n) is 2.71. The predicted molar refractivity (Wildman–Crippen MR) is 76.0 cm³/mol. The lowest BCUT2D eigenvalue weighted by Gasteiger charge is -2.13. The molecule has 108 valence electrons. The molecule has 1 saturated heterocycles. The highest BCUT2D eigenvalue weighted by Crippen LogP contribution is 2.19. The Morgan fingerprint density at radius 2 is 2.32 bits per heavy atom. The van der Waals surface area contributed by atoms with Crippen LogP contribution >= 0.6 is 0 Å². The van der Waals surface area contributed by atoms with Crippen molar-refractivity contribution in [3.05, 3.63) is 11.6 Å². The monoisotopic (exact) mass is 266 g/mol. The number of hydrogen-bond acceptors (Lipinski definition) is 3. The number of allylic oxidation sites excluding steroid dienone is 1. The van der Waals surface area contributed by atoms with Gasteiger partial charge >= 0.3 is 0 Å². The number of ether oxygens (including phenoxy) is 1. The van der Waals surface area contributed by atoms with Crippen molar-refractivity contribution in [1.82, 2.24) is 10.6 Å². The molecule has 0 saturated carbocycles. The Hall–Kier alpha value is -0.870. The van der Waals surface area contributed by atoms with E-state index in [9.17, 15) is 4.79 Å². The van der Waals surface area contributed by atoms with Crippen molar-refractivity contribution in [2.24, 2.45) is 0 Å². The first-order valence-electron chi connectivity index (χ1n) is 7.61. The second kappa shape index (κ2) is 8.33. The van der Waals surface area contributed by atoms with Crippen molar-refractivity contribution in [3.63, 3.8) is 0 Å². The first-order chi connectivity index (χ1) is 9.34. The fourth-order valence-corrected chi connectivity index (χ4v) is 2.71. The van der Waals surface area contributed by atoms with Crippen LogP contribution in [-0.2, 0) is 9.53 Å². The van der Waals surface area contributed by atoms with Crippen molar-refractivity contribution >= 4 is 5.91 Å². The fraction of sp³-hybridized carbons (Fsp3) is 0.800. The molecule has 4 heteroatoms. The van der Waals surface area contributed by atoms with Gasteiger partial charge in [-0.25, -0.2) is 0 Å². The Balaban J connectivity index is 1.48. The molecular weight excluding hydrogens is 240 g/mol. The summed E-state index contributed by atoms with van der Waals surface area (Å²) in [6.45, 7) is 2.83. The van der Waals surface area contributed by atoms with Gasteiger partial charge in [-0.05, 0) is 44.9 Å². The van der Waals surface area contributed by atoms with Gasteiger partial charge in [0.25, 0.3) is 0 Å². The molecule has 1 heterocycles. The minimum absolute atomic E-state index is 0.0920.